The zero-order valence-electron chi connectivity index (χ0n) is 17.7. The summed E-state index contributed by atoms with van der Waals surface area (Å²) in [7, 11) is 0. The fourth-order valence-corrected chi connectivity index (χ4v) is 3.61. The lowest BCUT2D eigenvalue weighted by atomic mass is 9.86. The van der Waals surface area contributed by atoms with Gasteiger partial charge in [-0.25, -0.2) is 4.79 Å². The van der Waals surface area contributed by atoms with E-state index in [1.54, 1.807) is 0 Å². The lowest BCUT2D eigenvalue weighted by molar-refractivity contribution is -0.130. The second kappa shape index (κ2) is 10.3. The van der Waals surface area contributed by atoms with Gasteiger partial charge in [-0.05, 0) is 23.8 Å². The number of carbonyl (C=O) groups excluding carboxylic acids is 3. The number of nitrogens with one attached hydrogen (secondary N) is 3. The Morgan fingerprint density at radius 1 is 1.03 bits per heavy atom. The monoisotopic (exact) mass is 402 g/mol. The van der Waals surface area contributed by atoms with Crippen molar-refractivity contribution in [3.63, 3.8) is 0 Å². The Morgan fingerprint density at radius 2 is 1.66 bits per heavy atom. The van der Waals surface area contributed by atoms with E-state index in [9.17, 15) is 14.4 Å². The Balaban J connectivity index is 2.02. The molecule has 7 nitrogen and oxygen atoms in total. The molecule has 4 amide bonds. The van der Waals surface area contributed by atoms with Crippen molar-refractivity contribution in [2.45, 2.75) is 77.4 Å². The Kier molecular flexibility index (Phi) is 8.05. The van der Waals surface area contributed by atoms with Crippen molar-refractivity contribution in [2.75, 3.05) is 0 Å². The molecule has 2 rings (SSSR count). The zero-order valence-corrected chi connectivity index (χ0v) is 17.7. The van der Waals surface area contributed by atoms with Crippen molar-refractivity contribution in [3.05, 3.63) is 35.9 Å². The topological polar surface area (TPSA) is 113 Å². The van der Waals surface area contributed by atoms with E-state index in [0.29, 0.717) is 6.42 Å². The van der Waals surface area contributed by atoms with E-state index >= 15 is 0 Å². The predicted molar refractivity (Wildman–Crippen MR) is 113 cm³/mol. The first-order valence-corrected chi connectivity index (χ1v) is 10.4. The van der Waals surface area contributed by atoms with E-state index < -0.39 is 29.3 Å². The minimum atomic E-state index is -0.849. The van der Waals surface area contributed by atoms with Crippen molar-refractivity contribution in [1.82, 2.24) is 16.0 Å². The maximum Gasteiger partial charge on any atom is 0.315 e. The minimum Gasteiger partial charge on any atom is -0.368 e. The third-order valence-electron chi connectivity index (χ3n) is 5.29. The highest BCUT2D eigenvalue weighted by molar-refractivity contribution is 5.92. The summed E-state index contributed by atoms with van der Waals surface area (Å²) in [5.41, 5.74) is 5.87. The van der Waals surface area contributed by atoms with Crippen molar-refractivity contribution >= 4 is 17.8 Å². The highest BCUT2D eigenvalue weighted by Gasteiger charge is 2.35. The first-order chi connectivity index (χ1) is 13.7. The first kappa shape index (κ1) is 22.7. The third-order valence-corrected chi connectivity index (χ3v) is 5.29. The van der Waals surface area contributed by atoms with E-state index in [2.05, 4.69) is 16.0 Å². The number of hydrogen-bond donors (Lipinski definition) is 4. The first-order valence-electron chi connectivity index (χ1n) is 10.4. The Labute approximate surface area is 173 Å². The summed E-state index contributed by atoms with van der Waals surface area (Å²) in [5.74, 6) is -1.03. The molecule has 1 fully saturated rings. The summed E-state index contributed by atoms with van der Waals surface area (Å²) in [6, 6.07) is 7.50. The second-order valence-corrected chi connectivity index (χ2v) is 8.91. The molecule has 0 radical (unpaired) electrons. The van der Waals surface area contributed by atoms with Gasteiger partial charge < -0.3 is 21.7 Å². The molecule has 1 aliphatic carbocycles. The molecule has 7 heteroatoms. The van der Waals surface area contributed by atoms with Crippen LogP contribution in [0.1, 0.15) is 58.4 Å². The van der Waals surface area contributed by atoms with Crippen LogP contribution in [0.25, 0.3) is 0 Å². The van der Waals surface area contributed by atoms with Gasteiger partial charge in [0.2, 0.25) is 11.8 Å². The quantitative estimate of drug-likeness (QED) is 0.561. The smallest absolute Gasteiger partial charge is 0.315 e. The summed E-state index contributed by atoms with van der Waals surface area (Å²) < 4.78 is 0. The van der Waals surface area contributed by atoms with Crippen molar-refractivity contribution < 1.29 is 14.4 Å². The fourth-order valence-electron chi connectivity index (χ4n) is 3.61. The van der Waals surface area contributed by atoms with E-state index in [-0.39, 0.29) is 12.1 Å². The maximum absolute atomic E-state index is 13.0. The summed E-state index contributed by atoms with van der Waals surface area (Å²) in [5, 5.41) is 8.49. The Bertz CT molecular complexity index is 694. The molecule has 1 saturated carbocycles. The molecule has 5 N–H and O–H groups in total. The summed E-state index contributed by atoms with van der Waals surface area (Å²) in [6.45, 7) is 5.61. The van der Waals surface area contributed by atoms with Crippen LogP contribution in [0.4, 0.5) is 4.79 Å². The molecule has 0 saturated heterocycles. The number of carbonyl (C=O) groups is 3. The SMILES string of the molecule is CC(C)(C)[C@H](NC(=O)NC1CCCCC1)C(=O)N[C@@H](Cc1ccccc1)C(N)=O. The molecule has 160 valence electrons. The Hall–Kier alpha value is -2.57. The number of rotatable bonds is 7. The molecular formula is C22H34N4O3. The van der Waals surface area contributed by atoms with Gasteiger partial charge in [-0.3, -0.25) is 9.59 Å². The predicted octanol–water partition coefficient (Wildman–Crippen LogP) is 2.25. The average molecular weight is 403 g/mol. The molecule has 1 aliphatic rings. The van der Waals surface area contributed by atoms with Gasteiger partial charge in [-0.2, -0.15) is 0 Å². The molecule has 29 heavy (non-hydrogen) atoms. The van der Waals surface area contributed by atoms with Gasteiger partial charge in [-0.1, -0.05) is 70.4 Å². The number of amides is 4. The van der Waals surface area contributed by atoms with Crippen LogP contribution in [0.15, 0.2) is 30.3 Å². The molecule has 0 bridgehead atoms. The molecule has 2 atom stereocenters. The normalized spacial score (nSPS) is 17.1. The summed E-state index contributed by atoms with van der Waals surface area (Å²) >= 11 is 0. The van der Waals surface area contributed by atoms with Gasteiger partial charge in [-0.15, -0.1) is 0 Å². The summed E-state index contributed by atoms with van der Waals surface area (Å²) in [6.07, 6.45) is 5.62. The number of urea groups is 1. The second-order valence-electron chi connectivity index (χ2n) is 8.91. The van der Waals surface area contributed by atoms with Gasteiger partial charge >= 0.3 is 6.03 Å². The zero-order chi connectivity index (χ0) is 21.4. The van der Waals surface area contributed by atoms with Gasteiger partial charge in [0.05, 0.1) is 0 Å². The molecule has 1 aromatic rings. The van der Waals surface area contributed by atoms with Crippen LogP contribution >= 0.6 is 0 Å². The van der Waals surface area contributed by atoms with Crippen LogP contribution in [-0.4, -0.2) is 36.0 Å². The molecule has 0 aliphatic heterocycles. The highest BCUT2D eigenvalue weighted by Crippen LogP contribution is 2.21. The van der Waals surface area contributed by atoms with Crippen molar-refractivity contribution in [3.8, 4) is 0 Å². The lowest BCUT2D eigenvalue weighted by Gasteiger charge is -2.32. The molecule has 0 spiro atoms. The number of benzene rings is 1. The van der Waals surface area contributed by atoms with Crippen LogP contribution in [-0.2, 0) is 16.0 Å². The van der Waals surface area contributed by atoms with Gasteiger partial charge in [0.15, 0.2) is 0 Å². The van der Waals surface area contributed by atoms with Crippen LogP contribution in [0.3, 0.4) is 0 Å². The summed E-state index contributed by atoms with van der Waals surface area (Å²) in [4.78, 5) is 37.4. The highest BCUT2D eigenvalue weighted by atomic mass is 16.2. The maximum atomic E-state index is 13.0. The van der Waals surface area contributed by atoms with E-state index in [1.165, 1.54) is 6.42 Å². The van der Waals surface area contributed by atoms with Crippen molar-refractivity contribution in [2.24, 2.45) is 11.1 Å². The van der Waals surface area contributed by atoms with E-state index in [1.807, 2.05) is 51.1 Å². The van der Waals surface area contributed by atoms with E-state index in [0.717, 1.165) is 31.2 Å². The average Bonchev–Trinajstić information content (AvgIpc) is 2.66. The number of primary amides is 1. The van der Waals surface area contributed by atoms with Gasteiger partial charge in [0.1, 0.15) is 12.1 Å². The van der Waals surface area contributed by atoms with E-state index in [4.69, 9.17) is 5.73 Å². The molecule has 1 aromatic carbocycles. The minimum absolute atomic E-state index is 0.142. The lowest BCUT2D eigenvalue weighted by Crippen LogP contribution is -2.59. The fraction of sp³-hybridized carbons (Fsp3) is 0.591. The standard InChI is InChI=1S/C22H34N4O3/c1-22(2,3)18(26-21(29)24-16-12-8-5-9-13-16)20(28)25-17(19(23)27)14-15-10-6-4-7-11-15/h4,6-7,10-11,16-18H,5,8-9,12-14H2,1-3H3,(H2,23,27)(H,25,28)(H2,24,26,29)/t17-,18+/m0/s1. The van der Waals surface area contributed by atoms with Crippen molar-refractivity contribution in [1.29, 1.82) is 0 Å². The van der Waals surface area contributed by atoms with Gasteiger partial charge in [0.25, 0.3) is 0 Å². The largest absolute Gasteiger partial charge is 0.368 e. The number of hydrogen-bond acceptors (Lipinski definition) is 3. The van der Waals surface area contributed by atoms with Crippen LogP contribution in [0.5, 0.6) is 0 Å². The van der Waals surface area contributed by atoms with Crippen LogP contribution in [0, 0.1) is 5.41 Å². The van der Waals surface area contributed by atoms with Gasteiger partial charge in [0, 0.05) is 12.5 Å². The molecule has 0 unspecified atom stereocenters. The van der Waals surface area contributed by atoms with Crippen LogP contribution in [0.2, 0.25) is 0 Å². The number of nitrogens with two attached hydrogens (primary N) is 1. The molecule has 0 aromatic heterocycles. The Morgan fingerprint density at radius 3 is 2.21 bits per heavy atom. The van der Waals surface area contributed by atoms with Crippen LogP contribution < -0.4 is 21.7 Å². The molecular weight excluding hydrogens is 368 g/mol. The third kappa shape index (κ3) is 7.40. The molecule has 0 heterocycles.